The van der Waals surface area contributed by atoms with Crippen molar-refractivity contribution < 1.29 is 9.53 Å². The zero-order valence-corrected chi connectivity index (χ0v) is 12.9. The van der Waals surface area contributed by atoms with Gasteiger partial charge in [0, 0.05) is 6.04 Å². The normalized spacial score (nSPS) is 22.0. The number of aryl methyl sites for hydroxylation is 1. The number of nitrogens with one attached hydrogen (secondary N) is 1. The number of hydrogen-bond donors (Lipinski definition) is 1. The van der Waals surface area contributed by atoms with Crippen molar-refractivity contribution in [1.29, 1.82) is 0 Å². The summed E-state index contributed by atoms with van der Waals surface area (Å²) in [6.07, 6.45) is 4.96. The molecule has 0 spiro atoms. The Hall–Kier alpha value is -1.10. The topological polar surface area (TPSA) is 51.2 Å². The predicted octanol–water partition coefficient (Wildman–Crippen LogP) is 3.62. The van der Waals surface area contributed by atoms with Crippen LogP contribution in [0.5, 0.6) is 0 Å². The van der Waals surface area contributed by atoms with Gasteiger partial charge in [-0.05, 0) is 25.2 Å². The van der Waals surface area contributed by atoms with Gasteiger partial charge in [-0.15, -0.1) is 0 Å². The highest BCUT2D eigenvalue weighted by atomic mass is 32.1. The van der Waals surface area contributed by atoms with Gasteiger partial charge in [0.05, 0.1) is 12.8 Å². The van der Waals surface area contributed by atoms with Crippen molar-refractivity contribution in [3.05, 3.63) is 10.6 Å². The smallest absolute Gasteiger partial charge is 0.350 e. The summed E-state index contributed by atoms with van der Waals surface area (Å²) >= 11 is 1.39. The molecule has 0 aromatic carbocycles. The van der Waals surface area contributed by atoms with Crippen LogP contribution in [0.15, 0.2) is 0 Å². The number of anilines is 1. The van der Waals surface area contributed by atoms with Gasteiger partial charge in [-0.2, -0.15) is 0 Å². The van der Waals surface area contributed by atoms with Crippen molar-refractivity contribution in [2.45, 2.75) is 52.5 Å². The first-order valence-electron chi connectivity index (χ1n) is 6.76. The zero-order valence-electron chi connectivity index (χ0n) is 12.1. The van der Waals surface area contributed by atoms with E-state index in [4.69, 9.17) is 4.74 Å². The van der Waals surface area contributed by atoms with Crippen LogP contribution in [-0.2, 0) is 4.74 Å². The van der Waals surface area contributed by atoms with Crippen LogP contribution in [0.4, 0.5) is 5.13 Å². The Balaban J connectivity index is 2.13. The van der Waals surface area contributed by atoms with Crippen molar-refractivity contribution in [2.24, 2.45) is 5.41 Å². The highest BCUT2D eigenvalue weighted by molar-refractivity contribution is 7.17. The van der Waals surface area contributed by atoms with Gasteiger partial charge in [0.1, 0.15) is 4.88 Å². The summed E-state index contributed by atoms with van der Waals surface area (Å²) in [6, 6.07) is 0.428. The summed E-state index contributed by atoms with van der Waals surface area (Å²) in [7, 11) is 1.40. The molecule has 2 rings (SSSR count). The number of methoxy groups -OCH3 is 1. The van der Waals surface area contributed by atoms with Crippen molar-refractivity contribution in [3.63, 3.8) is 0 Å². The van der Waals surface area contributed by atoms with Gasteiger partial charge in [-0.1, -0.05) is 38.0 Å². The second-order valence-corrected chi connectivity index (χ2v) is 6.86. The summed E-state index contributed by atoms with van der Waals surface area (Å²) < 4.78 is 4.77. The van der Waals surface area contributed by atoms with Gasteiger partial charge < -0.3 is 10.1 Å². The number of thiazole rings is 1. The fraction of sp³-hybridized carbons (Fsp3) is 0.714. The Morgan fingerprint density at radius 2 is 2.21 bits per heavy atom. The van der Waals surface area contributed by atoms with Gasteiger partial charge in [0.15, 0.2) is 5.13 Å². The van der Waals surface area contributed by atoms with Crippen LogP contribution in [0, 0.1) is 12.3 Å². The second kappa shape index (κ2) is 5.49. The third-order valence-electron chi connectivity index (χ3n) is 3.97. The maximum absolute atomic E-state index is 11.6. The highest BCUT2D eigenvalue weighted by Gasteiger charge is 2.32. The third kappa shape index (κ3) is 3.08. The SMILES string of the molecule is COC(=O)c1sc(NC2CCCCC2(C)C)nc1C. The Kier molecular flexibility index (Phi) is 4.13. The first kappa shape index (κ1) is 14.3. The van der Waals surface area contributed by atoms with Gasteiger partial charge in [-0.25, -0.2) is 9.78 Å². The summed E-state index contributed by atoms with van der Waals surface area (Å²) in [5, 5.41) is 4.34. The quantitative estimate of drug-likeness (QED) is 0.860. The zero-order chi connectivity index (χ0) is 14.0. The molecule has 1 heterocycles. The van der Waals surface area contributed by atoms with Crippen LogP contribution in [-0.4, -0.2) is 24.1 Å². The Bertz CT molecular complexity index is 468. The minimum Gasteiger partial charge on any atom is -0.465 e. The molecule has 1 saturated carbocycles. The molecule has 0 amide bonds. The van der Waals surface area contributed by atoms with E-state index in [1.54, 1.807) is 0 Å². The first-order chi connectivity index (χ1) is 8.94. The van der Waals surface area contributed by atoms with Gasteiger partial charge >= 0.3 is 5.97 Å². The van der Waals surface area contributed by atoms with E-state index in [2.05, 4.69) is 24.1 Å². The number of carbonyl (C=O) groups excluding carboxylic acids is 1. The molecule has 1 fully saturated rings. The Labute approximate surface area is 118 Å². The van der Waals surface area contributed by atoms with Gasteiger partial charge in [0.2, 0.25) is 0 Å². The Morgan fingerprint density at radius 1 is 1.47 bits per heavy atom. The molecule has 19 heavy (non-hydrogen) atoms. The molecule has 1 unspecified atom stereocenters. The van der Waals surface area contributed by atoms with Crippen LogP contribution < -0.4 is 5.32 Å². The number of esters is 1. The van der Waals surface area contributed by atoms with E-state index >= 15 is 0 Å². The van der Waals surface area contributed by atoms with E-state index in [1.807, 2.05) is 6.92 Å². The molecule has 1 aliphatic carbocycles. The molecule has 0 radical (unpaired) electrons. The molecule has 0 bridgehead atoms. The van der Waals surface area contributed by atoms with Crippen molar-refractivity contribution in [3.8, 4) is 0 Å². The Morgan fingerprint density at radius 3 is 2.84 bits per heavy atom. The van der Waals surface area contributed by atoms with Crippen LogP contribution in [0.3, 0.4) is 0 Å². The maximum Gasteiger partial charge on any atom is 0.350 e. The molecule has 1 N–H and O–H groups in total. The van der Waals surface area contributed by atoms with E-state index in [0.717, 1.165) is 10.8 Å². The average Bonchev–Trinajstić information content (AvgIpc) is 2.72. The minimum atomic E-state index is -0.300. The monoisotopic (exact) mass is 282 g/mol. The van der Waals surface area contributed by atoms with Crippen LogP contribution in [0.2, 0.25) is 0 Å². The fourth-order valence-corrected chi connectivity index (χ4v) is 3.59. The first-order valence-corrected chi connectivity index (χ1v) is 7.58. The molecular weight excluding hydrogens is 260 g/mol. The standard InChI is InChI=1S/C14H22N2O2S/c1-9-11(12(17)18-4)19-13(15-9)16-10-7-5-6-8-14(10,2)3/h10H,5-8H2,1-4H3,(H,15,16). The lowest BCUT2D eigenvalue weighted by Crippen LogP contribution is -2.38. The molecule has 0 aliphatic heterocycles. The van der Waals surface area contributed by atoms with E-state index < -0.39 is 0 Å². The minimum absolute atomic E-state index is 0.281. The predicted molar refractivity (Wildman–Crippen MR) is 77.9 cm³/mol. The fourth-order valence-electron chi connectivity index (χ4n) is 2.65. The van der Waals surface area contributed by atoms with E-state index in [0.29, 0.717) is 10.9 Å². The molecule has 1 aromatic rings. The van der Waals surface area contributed by atoms with E-state index in [1.165, 1.54) is 44.1 Å². The van der Waals surface area contributed by atoms with E-state index in [9.17, 15) is 4.79 Å². The second-order valence-electron chi connectivity index (χ2n) is 5.86. The molecule has 1 atom stereocenters. The van der Waals surface area contributed by atoms with Crippen molar-refractivity contribution in [1.82, 2.24) is 4.98 Å². The summed E-state index contributed by atoms with van der Waals surface area (Å²) in [5.41, 5.74) is 1.02. The number of ether oxygens (including phenoxy) is 1. The lowest BCUT2D eigenvalue weighted by Gasteiger charge is -2.38. The van der Waals surface area contributed by atoms with Crippen LogP contribution >= 0.6 is 11.3 Å². The lowest BCUT2D eigenvalue weighted by molar-refractivity contribution is 0.0605. The lowest BCUT2D eigenvalue weighted by atomic mass is 9.73. The van der Waals surface area contributed by atoms with Crippen LogP contribution in [0.1, 0.15) is 54.9 Å². The third-order valence-corrected chi connectivity index (χ3v) is 5.04. The molecule has 106 valence electrons. The summed E-state index contributed by atoms with van der Waals surface area (Å²) in [4.78, 5) is 16.6. The van der Waals surface area contributed by atoms with E-state index in [-0.39, 0.29) is 11.4 Å². The maximum atomic E-state index is 11.6. The van der Waals surface area contributed by atoms with Gasteiger partial charge in [0.25, 0.3) is 0 Å². The number of nitrogens with zero attached hydrogens (tertiary/aromatic N) is 1. The molecule has 1 aromatic heterocycles. The number of hydrogen-bond acceptors (Lipinski definition) is 5. The molecular formula is C14H22N2O2S. The number of aromatic nitrogens is 1. The number of rotatable bonds is 3. The summed E-state index contributed by atoms with van der Waals surface area (Å²) in [6.45, 7) is 6.44. The van der Waals surface area contributed by atoms with Gasteiger partial charge in [-0.3, -0.25) is 0 Å². The summed E-state index contributed by atoms with van der Waals surface area (Å²) in [5.74, 6) is -0.300. The highest BCUT2D eigenvalue weighted by Crippen LogP contribution is 2.38. The average molecular weight is 282 g/mol. The molecule has 1 aliphatic rings. The van der Waals surface area contributed by atoms with Crippen molar-refractivity contribution in [2.75, 3.05) is 12.4 Å². The molecule has 0 saturated heterocycles. The number of carbonyl (C=O) groups is 1. The van der Waals surface area contributed by atoms with Crippen LogP contribution in [0.25, 0.3) is 0 Å². The van der Waals surface area contributed by atoms with Crippen molar-refractivity contribution >= 4 is 22.4 Å². The largest absolute Gasteiger partial charge is 0.465 e. The molecule has 4 nitrogen and oxygen atoms in total. The molecule has 5 heteroatoms.